The van der Waals surface area contributed by atoms with E-state index in [1.54, 1.807) is 0 Å². The Balaban J connectivity index is 0. The van der Waals surface area contributed by atoms with Gasteiger partial charge in [0.2, 0.25) is 0 Å². The summed E-state index contributed by atoms with van der Waals surface area (Å²) in [7, 11) is 0. The number of unbranched alkanes of at least 4 members (excludes halogenated alkanes) is 1. The van der Waals surface area contributed by atoms with Crippen molar-refractivity contribution in [1.29, 1.82) is 0 Å². The van der Waals surface area contributed by atoms with Crippen molar-refractivity contribution in [3.05, 3.63) is 12.2 Å². The molecule has 0 bridgehead atoms. The predicted molar refractivity (Wildman–Crippen MR) is 69.0 cm³/mol. The number of allylic oxidation sites excluding steroid dienone is 2. The number of aliphatic carboxylic acids is 2. The average Bonchev–Trinajstić information content (AvgIpc) is 2.33. The first-order valence-corrected chi connectivity index (χ1v) is 6.30. The molecule has 0 saturated carbocycles. The van der Waals surface area contributed by atoms with Gasteiger partial charge in [0.1, 0.15) is 6.04 Å². The molecule has 0 unspecified atom stereocenters. The quantitative estimate of drug-likeness (QED) is 0.214. The number of nitrogens with zero attached hydrogens (tertiary/aromatic N) is 1. The second-order valence-electron chi connectivity index (χ2n) is 4.11. The molecule has 6 nitrogen and oxygen atoms in total. The largest absolute Gasteiger partial charge is 1.00 e. The van der Waals surface area contributed by atoms with Crippen molar-refractivity contribution in [2.75, 3.05) is 0 Å². The Morgan fingerprint density at radius 1 is 1.20 bits per heavy atom. The first-order valence-electron chi connectivity index (χ1n) is 6.30. The van der Waals surface area contributed by atoms with Gasteiger partial charge in [-0.3, -0.25) is 9.79 Å². The first-order chi connectivity index (χ1) is 8.97. The van der Waals surface area contributed by atoms with Gasteiger partial charge in [-0.15, -0.1) is 0 Å². The number of carboxylic acid groups (broad SMARTS) is 2. The van der Waals surface area contributed by atoms with Crippen LogP contribution in [0.5, 0.6) is 0 Å². The zero-order valence-electron chi connectivity index (χ0n) is 12.0. The van der Waals surface area contributed by atoms with Crippen molar-refractivity contribution in [1.82, 2.24) is 0 Å². The summed E-state index contributed by atoms with van der Waals surface area (Å²) in [5.41, 5.74) is 0. The van der Waals surface area contributed by atoms with Gasteiger partial charge in [-0.2, -0.15) is 0 Å². The van der Waals surface area contributed by atoms with Gasteiger partial charge in [0, 0.05) is 6.42 Å². The van der Waals surface area contributed by atoms with Crippen LogP contribution in [-0.2, 0) is 9.59 Å². The Morgan fingerprint density at radius 2 is 1.80 bits per heavy atom. The molecular formula is C13H20KNO5. The summed E-state index contributed by atoms with van der Waals surface area (Å²) in [6.45, 7) is 2.05. The van der Waals surface area contributed by atoms with E-state index < -0.39 is 23.9 Å². The molecule has 0 heterocycles. The van der Waals surface area contributed by atoms with Crippen LogP contribution in [0.1, 0.15) is 45.4 Å². The zero-order valence-corrected chi connectivity index (χ0v) is 15.2. The first kappa shape index (κ1) is 22.1. The number of hydrogen-bond donors (Lipinski definition) is 2. The number of rotatable bonds is 10. The average molecular weight is 309 g/mol. The molecule has 7 heteroatoms. The molecule has 0 aromatic rings. The molecule has 0 aliphatic carbocycles. The second-order valence-corrected chi connectivity index (χ2v) is 4.11. The van der Waals surface area contributed by atoms with Crippen LogP contribution in [0.3, 0.4) is 0 Å². The smallest absolute Gasteiger partial charge is 0.862 e. The molecule has 0 aromatic heterocycles. The number of hydrogen-bond acceptors (Lipinski definition) is 4. The molecule has 0 spiro atoms. The van der Waals surface area contributed by atoms with Crippen molar-refractivity contribution in [3.63, 3.8) is 0 Å². The topological polar surface area (TPSA) is 110 Å². The van der Waals surface area contributed by atoms with Gasteiger partial charge in [0.15, 0.2) is 0 Å². The van der Waals surface area contributed by atoms with E-state index in [2.05, 4.69) is 4.99 Å². The Morgan fingerprint density at radius 3 is 2.30 bits per heavy atom. The summed E-state index contributed by atoms with van der Waals surface area (Å²) >= 11 is 0. The standard InChI is InChI=1S/C13H21NO5.K/c1-2-3-4-5-6-7-11(15)14-10(13(18)19)8-9-12(16)17;/h4-5,10H,2-3,6-9H2,1H3,(H,14,15)(H,16,17)(H,18,19);/q;+1/p-1/b5-4+;/t10-;/m0./s1. The second kappa shape index (κ2) is 13.8. The minimum absolute atomic E-state index is 0. The van der Waals surface area contributed by atoms with Crippen LogP contribution in [0.15, 0.2) is 17.1 Å². The van der Waals surface area contributed by atoms with Crippen LogP contribution >= 0.6 is 0 Å². The minimum Gasteiger partial charge on any atom is -0.862 e. The van der Waals surface area contributed by atoms with Crippen molar-refractivity contribution < 1.29 is 76.3 Å². The summed E-state index contributed by atoms with van der Waals surface area (Å²) in [4.78, 5) is 24.7. The van der Waals surface area contributed by atoms with E-state index in [1.807, 2.05) is 19.1 Å². The Kier molecular flexibility index (Phi) is 15.2. The van der Waals surface area contributed by atoms with Gasteiger partial charge in [0.25, 0.3) is 0 Å². The van der Waals surface area contributed by atoms with E-state index in [9.17, 15) is 14.7 Å². The van der Waals surface area contributed by atoms with Crippen LogP contribution in [0.4, 0.5) is 0 Å². The molecule has 0 aliphatic heterocycles. The van der Waals surface area contributed by atoms with Crippen LogP contribution in [0, 0.1) is 0 Å². The van der Waals surface area contributed by atoms with E-state index in [0.29, 0.717) is 6.42 Å². The number of aliphatic imine (C=N–C) groups is 1. The summed E-state index contributed by atoms with van der Waals surface area (Å²) in [6, 6.07) is -1.26. The molecule has 0 rings (SSSR count). The molecule has 0 aromatic carbocycles. The van der Waals surface area contributed by atoms with E-state index >= 15 is 0 Å². The fraction of sp³-hybridized carbons (Fsp3) is 0.615. The molecule has 1 atom stereocenters. The van der Waals surface area contributed by atoms with Crippen molar-refractivity contribution >= 4 is 17.8 Å². The summed E-state index contributed by atoms with van der Waals surface area (Å²) < 4.78 is 0. The summed E-state index contributed by atoms with van der Waals surface area (Å²) in [5, 5.41) is 28.7. The fourth-order valence-corrected chi connectivity index (χ4v) is 1.35. The molecule has 108 valence electrons. The number of carboxylic acids is 2. The third-order valence-electron chi connectivity index (χ3n) is 2.36. The van der Waals surface area contributed by atoms with Crippen LogP contribution in [-0.4, -0.2) is 34.1 Å². The maximum atomic E-state index is 11.4. The molecule has 0 fully saturated rings. The summed E-state index contributed by atoms with van der Waals surface area (Å²) in [6.07, 6.45) is 6.00. The van der Waals surface area contributed by atoms with Crippen LogP contribution in [0.25, 0.3) is 0 Å². The normalized spacial score (nSPS) is 12.9. The third-order valence-corrected chi connectivity index (χ3v) is 2.36. The van der Waals surface area contributed by atoms with Gasteiger partial charge < -0.3 is 15.3 Å². The van der Waals surface area contributed by atoms with Gasteiger partial charge in [0.05, 0.1) is 0 Å². The number of carbonyl (C=O) groups is 2. The van der Waals surface area contributed by atoms with E-state index in [4.69, 9.17) is 10.2 Å². The molecule has 0 amide bonds. The van der Waals surface area contributed by atoms with Crippen molar-refractivity contribution in [2.24, 2.45) is 4.99 Å². The van der Waals surface area contributed by atoms with Gasteiger partial charge >= 0.3 is 63.3 Å². The fourth-order valence-electron chi connectivity index (χ4n) is 1.35. The molecular weight excluding hydrogens is 289 g/mol. The van der Waals surface area contributed by atoms with Gasteiger partial charge in [-0.05, 0) is 31.6 Å². The monoisotopic (exact) mass is 309 g/mol. The third kappa shape index (κ3) is 12.8. The predicted octanol–water partition coefficient (Wildman–Crippen LogP) is -1.80. The maximum Gasteiger partial charge on any atom is 1.00 e. The Bertz CT molecular complexity index is 355. The molecule has 0 aliphatic rings. The van der Waals surface area contributed by atoms with E-state index in [0.717, 1.165) is 12.8 Å². The van der Waals surface area contributed by atoms with Crippen molar-refractivity contribution in [2.45, 2.75) is 51.5 Å². The van der Waals surface area contributed by atoms with Crippen LogP contribution < -0.4 is 56.5 Å². The van der Waals surface area contributed by atoms with Gasteiger partial charge in [-0.25, -0.2) is 4.79 Å². The minimum atomic E-state index is -1.27. The summed E-state index contributed by atoms with van der Waals surface area (Å²) in [5.74, 6) is -2.87. The molecule has 20 heavy (non-hydrogen) atoms. The molecule has 0 radical (unpaired) electrons. The Labute approximate surface area is 161 Å². The van der Waals surface area contributed by atoms with Crippen molar-refractivity contribution in [3.8, 4) is 0 Å². The van der Waals surface area contributed by atoms with E-state index in [-0.39, 0.29) is 70.6 Å². The zero-order chi connectivity index (χ0) is 14.7. The molecule has 2 N–H and O–H groups in total. The van der Waals surface area contributed by atoms with E-state index in [1.165, 1.54) is 0 Å². The Hall–Kier alpha value is -0.214. The SMILES string of the molecule is CCC/C=C/CCC([O-])=N[C@@H](CCC(=O)O)C(=O)O.[K+]. The molecule has 0 saturated heterocycles. The maximum absolute atomic E-state index is 11.4. The van der Waals surface area contributed by atoms with Gasteiger partial charge in [-0.1, -0.05) is 25.5 Å². The van der Waals surface area contributed by atoms with Crippen LogP contribution in [0.2, 0.25) is 0 Å².